The van der Waals surface area contributed by atoms with Gasteiger partial charge in [-0.2, -0.15) is 8.42 Å². The Hall–Kier alpha value is -0.660. The van der Waals surface area contributed by atoms with Crippen molar-refractivity contribution in [3.8, 4) is 0 Å². The summed E-state index contributed by atoms with van der Waals surface area (Å²) >= 11 is 0. The Morgan fingerprint density at radius 2 is 1.32 bits per heavy atom. The minimum absolute atomic E-state index is 0.114. The zero-order chi connectivity index (χ0) is 19.1. The second kappa shape index (κ2) is 14.5. The highest BCUT2D eigenvalue weighted by molar-refractivity contribution is 7.86. The van der Waals surface area contributed by atoms with Crippen LogP contribution in [-0.4, -0.2) is 40.5 Å². The van der Waals surface area contributed by atoms with Crippen molar-refractivity contribution in [2.75, 3.05) is 0 Å². The number of aliphatic hydroxyl groups is 1. The fourth-order valence-corrected chi connectivity index (χ4v) is 4.01. The lowest BCUT2D eigenvalue weighted by Gasteiger charge is -2.20. The average molecular weight is 381 g/mol. The number of carboxylic acid groups (broad SMARTS) is 1. The molecule has 0 aliphatic carbocycles. The summed E-state index contributed by atoms with van der Waals surface area (Å²) < 4.78 is 32.4. The predicted octanol–water partition coefficient (Wildman–Crippen LogP) is 4.17. The predicted molar refractivity (Wildman–Crippen MR) is 99.3 cm³/mol. The van der Waals surface area contributed by atoms with Crippen LogP contribution in [0.2, 0.25) is 0 Å². The van der Waals surface area contributed by atoms with Crippen molar-refractivity contribution < 1.29 is 28.0 Å². The number of carboxylic acids is 1. The Morgan fingerprint density at radius 1 is 0.840 bits per heavy atom. The fourth-order valence-electron chi connectivity index (χ4n) is 3.01. The fraction of sp³-hybridized carbons (Fsp3) is 0.944. The van der Waals surface area contributed by atoms with Gasteiger partial charge in [-0.1, -0.05) is 71.1 Å². The minimum atomic E-state index is -4.27. The zero-order valence-electron chi connectivity index (χ0n) is 15.5. The molecule has 3 N–H and O–H groups in total. The topological polar surface area (TPSA) is 112 Å². The molecule has 2 unspecified atom stereocenters. The molecule has 25 heavy (non-hydrogen) atoms. The van der Waals surface area contributed by atoms with Crippen molar-refractivity contribution in [3.05, 3.63) is 0 Å². The summed E-state index contributed by atoms with van der Waals surface area (Å²) in [6, 6.07) is 0. The molecule has 0 heterocycles. The van der Waals surface area contributed by atoms with Crippen LogP contribution in [0.25, 0.3) is 0 Å². The number of rotatable bonds is 17. The maximum Gasteiger partial charge on any atom is 0.303 e. The molecule has 0 spiro atoms. The number of carbonyl (C=O) groups is 1. The first kappa shape index (κ1) is 24.3. The zero-order valence-corrected chi connectivity index (χ0v) is 16.3. The second-order valence-electron chi connectivity index (χ2n) is 6.88. The SMILES string of the molecule is CCCCCCCCCC(O)C(CCCCCCC(=O)O)S(=O)(=O)O. The lowest BCUT2D eigenvalue weighted by atomic mass is 10.0. The molecular formula is C18H36O6S. The lowest BCUT2D eigenvalue weighted by molar-refractivity contribution is -0.137. The molecule has 0 radical (unpaired) electrons. The molecule has 0 rings (SSSR count). The molecule has 2 atom stereocenters. The van der Waals surface area contributed by atoms with Crippen LogP contribution in [0, 0.1) is 0 Å². The van der Waals surface area contributed by atoms with Gasteiger partial charge in [-0.25, -0.2) is 0 Å². The quantitative estimate of drug-likeness (QED) is 0.258. The van der Waals surface area contributed by atoms with Gasteiger partial charge >= 0.3 is 5.97 Å². The van der Waals surface area contributed by atoms with E-state index in [1.165, 1.54) is 25.7 Å². The van der Waals surface area contributed by atoms with Crippen LogP contribution in [0.4, 0.5) is 0 Å². The molecule has 0 bridgehead atoms. The molecule has 0 aliphatic rings. The first-order valence-electron chi connectivity index (χ1n) is 9.65. The molecule has 0 saturated heterocycles. The standard InChI is InChI=1S/C18H36O6S/c1-2-3-4-5-6-7-10-13-16(19)17(25(22,23)24)14-11-8-9-12-15-18(20)21/h16-17,19H,2-15H2,1H3,(H,20,21)(H,22,23,24). The molecule has 0 aliphatic heterocycles. The van der Waals surface area contributed by atoms with Crippen LogP contribution < -0.4 is 0 Å². The molecular weight excluding hydrogens is 344 g/mol. The largest absolute Gasteiger partial charge is 0.481 e. The van der Waals surface area contributed by atoms with Crippen molar-refractivity contribution in [2.24, 2.45) is 0 Å². The Balaban J connectivity index is 4.02. The van der Waals surface area contributed by atoms with E-state index >= 15 is 0 Å². The van der Waals surface area contributed by atoms with Gasteiger partial charge in [0.05, 0.1) is 6.10 Å². The number of aliphatic hydroxyl groups excluding tert-OH is 1. The Bertz CT molecular complexity index is 435. The molecule has 0 aromatic heterocycles. The van der Waals surface area contributed by atoms with Gasteiger partial charge in [0, 0.05) is 6.42 Å². The van der Waals surface area contributed by atoms with Crippen LogP contribution in [0.1, 0.15) is 96.8 Å². The summed E-state index contributed by atoms with van der Waals surface area (Å²) in [6.45, 7) is 2.16. The highest BCUT2D eigenvalue weighted by Gasteiger charge is 2.29. The minimum Gasteiger partial charge on any atom is -0.481 e. The summed E-state index contributed by atoms with van der Waals surface area (Å²) in [5.74, 6) is -0.832. The Morgan fingerprint density at radius 3 is 1.84 bits per heavy atom. The van der Waals surface area contributed by atoms with E-state index in [-0.39, 0.29) is 12.8 Å². The molecule has 0 saturated carbocycles. The molecule has 0 aromatic rings. The number of unbranched alkanes of at least 4 members (excludes halogenated alkanes) is 9. The van der Waals surface area contributed by atoms with Crippen molar-refractivity contribution in [1.82, 2.24) is 0 Å². The van der Waals surface area contributed by atoms with E-state index in [2.05, 4.69) is 6.92 Å². The van der Waals surface area contributed by atoms with E-state index in [1.54, 1.807) is 0 Å². The van der Waals surface area contributed by atoms with E-state index in [1.807, 2.05) is 0 Å². The van der Waals surface area contributed by atoms with E-state index in [0.717, 1.165) is 19.3 Å². The Kier molecular flexibility index (Phi) is 14.1. The molecule has 0 fully saturated rings. The maximum atomic E-state index is 11.5. The Labute approximate surface area is 152 Å². The van der Waals surface area contributed by atoms with Crippen molar-refractivity contribution in [2.45, 2.75) is 108 Å². The van der Waals surface area contributed by atoms with E-state index < -0.39 is 27.4 Å². The first-order chi connectivity index (χ1) is 11.8. The molecule has 0 aromatic carbocycles. The van der Waals surface area contributed by atoms with Gasteiger partial charge in [-0.15, -0.1) is 0 Å². The molecule has 6 nitrogen and oxygen atoms in total. The first-order valence-corrected chi connectivity index (χ1v) is 11.2. The van der Waals surface area contributed by atoms with Gasteiger partial charge in [0.25, 0.3) is 10.1 Å². The van der Waals surface area contributed by atoms with Crippen LogP contribution in [0.5, 0.6) is 0 Å². The summed E-state index contributed by atoms with van der Waals surface area (Å²) in [5.41, 5.74) is 0. The average Bonchev–Trinajstić information content (AvgIpc) is 2.51. The van der Waals surface area contributed by atoms with E-state index in [4.69, 9.17) is 5.11 Å². The summed E-state index contributed by atoms with van der Waals surface area (Å²) in [4.78, 5) is 10.4. The highest BCUT2D eigenvalue weighted by atomic mass is 32.2. The summed E-state index contributed by atoms with van der Waals surface area (Å²) in [5, 5.41) is 17.6. The number of hydrogen-bond donors (Lipinski definition) is 3. The smallest absolute Gasteiger partial charge is 0.303 e. The van der Waals surface area contributed by atoms with Crippen LogP contribution in [0.3, 0.4) is 0 Å². The monoisotopic (exact) mass is 380 g/mol. The number of hydrogen-bond acceptors (Lipinski definition) is 4. The third kappa shape index (κ3) is 14.2. The number of aliphatic carboxylic acids is 1. The van der Waals surface area contributed by atoms with Gasteiger partial charge < -0.3 is 10.2 Å². The third-order valence-electron chi connectivity index (χ3n) is 4.54. The third-order valence-corrected chi connectivity index (χ3v) is 5.86. The van der Waals surface area contributed by atoms with Crippen LogP contribution in [0.15, 0.2) is 0 Å². The molecule has 0 amide bonds. The van der Waals surface area contributed by atoms with Crippen molar-refractivity contribution in [1.29, 1.82) is 0 Å². The van der Waals surface area contributed by atoms with Gasteiger partial charge in [-0.05, 0) is 19.3 Å². The molecule has 150 valence electrons. The summed E-state index contributed by atoms with van der Waals surface area (Å²) in [7, 11) is -4.27. The molecule has 7 heteroatoms. The van der Waals surface area contributed by atoms with Crippen molar-refractivity contribution >= 4 is 16.1 Å². The van der Waals surface area contributed by atoms with E-state index in [9.17, 15) is 22.9 Å². The maximum absolute atomic E-state index is 11.5. The van der Waals surface area contributed by atoms with Crippen LogP contribution >= 0.6 is 0 Å². The van der Waals surface area contributed by atoms with Crippen molar-refractivity contribution in [3.63, 3.8) is 0 Å². The van der Waals surface area contributed by atoms with Gasteiger partial charge in [0.2, 0.25) is 0 Å². The van der Waals surface area contributed by atoms with E-state index in [0.29, 0.717) is 32.1 Å². The van der Waals surface area contributed by atoms with Gasteiger partial charge in [0.1, 0.15) is 5.25 Å². The van der Waals surface area contributed by atoms with Gasteiger partial charge in [-0.3, -0.25) is 9.35 Å². The normalized spacial score (nSPS) is 14.4. The highest BCUT2D eigenvalue weighted by Crippen LogP contribution is 2.20. The van der Waals surface area contributed by atoms with Crippen LogP contribution in [-0.2, 0) is 14.9 Å². The second-order valence-corrected chi connectivity index (χ2v) is 8.51. The summed E-state index contributed by atoms with van der Waals surface area (Å²) in [6.07, 6.45) is 9.83. The lowest BCUT2D eigenvalue weighted by Crippen LogP contribution is -2.33. The van der Waals surface area contributed by atoms with Gasteiger partial charge in [0.15, 0.2) is 0 Å².